The van der Waals surface area contributed by atoms with E-state index in [1.165, 1.54) is 36.0 Å². The van der Waals surface area contributed by atoms with Crippen molar-refractivity contribution in [2.45, 2.75) is 6.92 Å². The van der Waals surface area contributed by atoms with Crippen LogP contribution in [0.1, 0.15) is 27.6 Å². The molecule has 0 aliphatic heterocycles. The molecule has 0 radical (unpaired) electrons. The van der Waals surface area contributed by atoms with Crippen molar-refractivity contribution < 1.29 is 19.1 Å². The number of ether oxygens (including phenoxy) is 1. The summed E-state index contributed by atoms with van der Waals surface area (Å²) >= 11 is 1.14. The minimum atomic E-state index is -0.857. The first kappa shape index (κ1) is 17.4. The van der Waals surface area contributed by atoms with Crippen LogP contribution in [-0.4, -0.2) is 29.1 Å². The van der Waals surface area contributed by atoms with Gasteiger partial charge >= 0.3 is 6.09 Å². The van der Waals surface area contributed by atoms with Crippen LogP contribution in [0.15, 0.2) is 34.6 Å². The third-order valence-electron chi connectivity index (χ3n) is 2.98. The predicted molar refractivity (Wildman–Crippen MR) is 88.4 cm³/mol. The molecule has 3 amide bonds. The Morgan fingerprint density at radius 3 is 2.62 bits per heavy atom. The first-order chi connectivity index (χ1) is 11.4. The summed E-state index contributed by atoms with van der Waals surface area (Å²) in [7, 11) is 1.53. The molecule has 0 aliphatic rings. The van der Waals surface area contributed by atoms with Gasteiger partial charge in [0.1, 0.15) is 5.00 Å². The minimum absolute atomic E-state index is 0.138. The van der Waals surface area contributed by atoms with Gasteiger partial charge in [0.25, 0.3) is 11.8 Å². The molecule has 2 aromatic heterocycles. The molecule has 0 atom stereocenters. The molecule has 0 bridgehead atoms. The molecular weight excluding hydrogens is 334 g/mol. The van der Waals surface area contributed by atoms with E-state index in [9.17, 15) is 19.2 Å². The molecule has 9 heteroatoms. The van der Waals surface area contributed by atoms with Crippen LogP contribution in [0, 0.1) is 0 Å². The second-order valence-corrected chi connectivity index (χ2v) is 5.58. The summed E-state index contributed by atoms with van der Waals surface area (Å²) < 4.78 is 5.91. The van der Waals surface area contributed by atoms with Gasteiger partial charge in [-0.15, -0.1) is 11.3 Å². The molecule has 0 spiro atoms. The topological polar surface area (TPSA) is 106 Å². The summed E-state index contributed by atoms with van der Waals surface area (Å²) in [6.45, 7) is 1.76. The Balaban J connectivity index is 2.13. The van der Waals surface area contributed by atoms with Crippen LogP contribution in [0.2, 0.25) is 0 Å². The number of hydrogen-bond acceptors (Lipinski definition) is 6. The van der Waals surface area contributed by atoms with Gasteiger partial charge < -0.3 is 14.6 Å². The van der Waals surface area contributed by atoms with E-state index >= 15 is 0 Å². The Hall–Kier alpha value is -2.94. The van der Waals surface area contributed by atoms with E-state index in [1.54, 1.807) is 12.3 Å². The molecule has 0 saturated carbocycles. The number of carbonyl (C=O) groups excluding carboxylic acids is 3. The van der Waals surface area contributed by atoms with Gasteiger partial charge in [0.2, 0.25) is 5.56 Å². The van der Waals surface area contributed by atoms with Gasteiger partial charge in [0.15, 0.2) is 0 Å². The van der Waals surface area contributed by atoms with Crippen LogP contribution in [-0.2, 0) is 11.8 Å². The SMILES string of the molecule is CCOC(=O)NC(=O)c1ccsc1NC(=O)c1ccc(=O)n(C)c1. The zero-order chi connectivity index (χ0) is 17.7. The molecule has 2 rings (SSSR count). The fourth-order valence-corrected chi connectivity index (χ4v) is 2.60. The maximum absolute atomic E-state index is 12.2. The van der Waals surface area contributed by atoms with Crippen LogP contribution >= 0.6 is 11.3 Å². The number of imide groups is 1. The van der Waals surface area contributed by atoms with Gasteiger partial charge in [-0.3, -0.25) is 19.7 Å². The lowest BCUT2D eigenvalue weighted by molar-refractivity contribution is 0.0926. The van der Waals surface area contributed by atoms with Crippen molar-refractivity contribution in [3.05, 3.63) is 51.3 Å². The largest absolute Gasteiger partial charge is 0.450 e. The Morgan fingerprint density at radius 1 is 1.21 bits per heavy atom. The van der Waals surface area contributed by atoms with Crippen LogP contribution in [0.4, 0.5) is 9.80 Å². The van der Waals surface area contributed by atoms with Crippen LogP contribution in [0.3, 0.4) is 0 Å². The van der Waals surface area contributed by atoms with E-state index in [4.69, 9.17) is 0 Å². The lowest BCUT2D eigenvalue weighted by Crippen LogP contribution is -2.31. The number of aromatic nitrogens is 1. The summed E-state index contributed by atoms with van der Waals surface area (Å²) in [5, 5.41) is 6.55. The van der Waals surface area contributed by atoms with Gasteiger partial charge in [0.05, 0.1) is 17.7 Å². The summed E-state index contributed by atoms with van der Waals surface area (Å²) in [6, 6.07) is 4.15. The Kier molecular flexibility index (Phi) is 5.48. The fraction of sp³-hybridized carbons (Fsp3) is 0.200. The van der Waals surface area contributed by atoms with Crippen molar-refractivity contribution in [3.8, 4) is 0 Å². The molecule has 126 valence electrons. The zero-order valence-electron chi connectivity index (χ0n) is 13.0. The standard InChI is InChI=1S/C15H15N3O5S/c1-3-23-15(22)17-13(21)10-6-7-24-14(10)16-12(20)9-4-5-11(19)18(2)8-9/h4-8H,3H2,1-2H3,(H,16,20)(H,17,21,22). The Morgan fingerprint density at radius 2 is 1.96 bits per heavy atom. The van der Waals surface area contributed by atoms with Crippen molar-refractivity contribution in [3.63, 3.8) is 0 Å². The second kappa shape index (κ2) is 7.55. The molecule has 2 aromatic rings. The average Bonchev–Trinajstić information content (AvgIpc) is 2.98. The van der Waals surface area contributed by atoms with E-state index in [2.05, 4.69) is 15.4 Å². The Labute approximate surface area is 141 Å². The van der Waals surface area contributed by atoms with Crippen LogP contribution < -0.4 is 16.2 Å². The quantitative estimate of drug-likeness (QED) is 0.872. The number of alkyl carbamates (subject to hydrolysis) is 1. The molecular formula is C15H15N3O5S. The van der Waals surface area contributed by atoms with E-state index < -0.39 is 17.9 Å². The maximum Gasteiger partial charge on any atom is 0.414 e. The van der Waals surface area contributed by atoms with Crippen molar-refractivity contribution in [2.75, 3.05) is 11.9 Å². The number of pyridine rings is 1. The van der Waals surface area contributed by atoms with E-state index in [0.717, 1.165) is 11.3 Å². The van der Waals surface area contributed by atoms with E-state index in [-0.39, 0.29) is 28.3 Å². The average molecular weight is 349 g/mol. The molecule has 0 aromatic carbocycles. The predicted octanol–water partition coefficient (Wildman–Crippen LogP) is 1.59. The normalized spacial score (nSPS) is 10.1. The van der Waals surface area contributed by atoms with Crippen molar-refractivity contribution in [1.29, 1.82) is 0 Å². The number of aryl methyl sites for hydroxylation is 1. The first-order valence-corrected chi connectivity index (χ1v) is 7.84. The summed E-state index contributed by atoms with van der Waals surface area (Å²) in [4.78, 5) is 46.9. The number of hydrogen-bond donors (Lipinski definition) is 2. The van der Waals surface area contributed by atoms with E-state index in [1.807, 2.05) is 0 Å². The van der Waals surface area contributed by atoms with Crippen LogP contribution in [0.25, 0.3) is 0 Å². The molecule has 2 heterocycles. The first-order valence-electron chi connectivity index (χ1n) is 6.96. The maximum atomic E-state index is 12.2. The highest BCUT2D eigenvalue weighted by Gasteiger charge is 2.18. The molecule has 2 N–H and O–H groups in total. The molecule has 8 nitrogen and oxygen atoms in total. The monoisotopic (exact) mass is 349 g/mol. The summed E-state index contributed by atoms with van der Waals surface area (Å²) in [5.74, 6) is -1.15. The number of anilines is 1. The molecule has 0 fully saturated rings. The summed E-state index contributed by atoms with van der Waals surface area (Å²) in [6.07, 6.45) is 0.535. The van der Waals surface area contributed by atoms with E-state index in [0.29, 0.717) is 0 Å². The second-order valence-electron chi connectivity index (χ2n) is 4.66. The third kappa shape index (κ3) is 4.07. The molecule has 0 unspecified atom stereocenters. The van der Waals surface area contributed by atoms with Gasteiger partial charge in [-0.1, -0.05) is 0 Å². The third-order valence-corrected chi connectivity index (χ3v) is 3.81. The smallest absolute Gasteiger partial charge is 0.414 e. The lowest BCUT2D eigenvalue weighted by atomic mass is 10.2. The van der Waals surface area contributed by atoms with Crippen molar-refractivity contribution in [1.82, 2.24) is 9.88 Å². The van der Waals surface area contributed by atoms with Gasteiger partial charge in [-0.2, -0.15) is 0 Å². The van der Waals surface area contributed by atoms with Gasteiger partial charge in [-0.25, -0.2) is 4.79 Å². The number of nitrogens with one attached hydrogen (secondary N) is 2. The fourth-order valence-electron chi connectivity index (χ4n) is 1.82. The minimum Gasteiger partial charge on any atom is -0.450 e. The lowest BCUT2D eigenvalue weighted by Gasteiger charge is -2.07. The van der Waals surface area contributed by atoms with Crippen molar-refractivity contribution in [2.24, 2.45) is 7.05 Å². The zero-order valence-corrected chi connectivity index (χ0v) is 13.8. The number of thiophene rings is 1. The highest BCUT2D eigenvalue weighted by molar-refractivity contribution is 7.14. The van der Waals surface area contributed by atoms with Crippen LogP contribution in [0.5, 0.6) is 0 Å². The molecule has 0 aliphatic carbocycles. The molecule has 24 heavy (non-hydrogen) atoms. The van der Waals surface area contributed by atoms with Gasteiger partial charge in [-0.05, 0) is 24.4 Å². The number of amides is 3. The number of nitrogens with zero attached hydrogens (tertiary/aromatic N) is 1. The number of carbonyl (C=O) groups is 3. The highest BCUT2D eigenvalue weighted by Crippen LogP contribution is 2.23. The number of rotatable bonds is 4. The Bertz CT molecular complexity index is 840. The van der Waals surface area contributed by atoms with Gasteiger partial charge in [0, 0.05) is 19.3 Å². The molecule has 0 saturated heterocycles. The summed E-state index contributed by atoms with van der Waals surface area (Å²) in [5.41, 5.74) is 0.172. The highest BCUT2D eigenvalue weighted by atomic mass is 32.1. The van der Waals surface area contributed by atoms with Crippen molar-refractivity contribution >= 4 is 34.2 Å².